The molecule has 0 unspecified atom stereocenters. The summed E-state index contributed by atoms with van der Waals surface area (Å²) in [5.41, 5.74) is 4.28. The van der Waals surface area contributed by atoms with E-state index in [0.717, 1.165) is 24.1 Å². The fourth-order valence-electron chi connectivity index (χ4n) is 4.33. The minimum Gasteiger partial charge on any atom is -0.507 e. The zero-order valence-corrected chi connectivity index (χ0v) is 21.4. The number of aromatic hydroxyl groups is 1. The molecule has 0 bridgehead atoms. The number of phenolic OH excluding ortho intramolecular Hbond substituents is 1. The molecule has 3 aromatic carbocycles. The number of carbonyl (C=O) groups excluding carboxylic acids is 2. The van der Waals surface area contributed by atoms with Crippen LogP contribution in [-0.2, 0) is 6.54 Å². The number of benzene rings is 3. The summed E-state index contributed by atoms with van der Waals surface area (Å²) < 4.78 is 1.35. The van der Waals surface area contributed by atoms with Crippen molar-refractivity contribution < 1.29 is 14.7 Å². The van der Waals surface area contributed by atoms with Crippen molar-refractivity contribution in [1.29, 1.82) is 0 Å². The van der Waals surface area contributed by atoms with Crippen molar-refractivity contribution >= 4 is 40.3 Å². The van der Waals surface area contributed by atoms with E-state index in [0.29, 0.717) is 33.0 Å². The normalized spacial score (nSPS) is 12.8. The van der Waals surface area contributed by atoms with E-state index >= 15 is 0 Å². The third kappa shape index (κ3) is 5.17. The number of anilines is 1. The Morgan fingerprint density at radius 1 is 1.00 bits per heavy atom. The van der Waals surface area contributed by atoms with Crippen LogP contribution in [0.3, 0.4) is 0 Å². The first-order chi connectivity index (χ1) is 19.0. The lowest BCUT2D eigenvalue weighted by atomic mass is 10.1. The van der Waals surface area contributed by atoms with Gasteiger partial charge in [-0.3, -0.25) is 9.78 Å². The van der Waals surface area contributed by atoms with Crippen LogP contribution < -0.4 is 10.6 Å². The molecule has 1 aliphatic rings. The Balaban J connectivity index is 1.25. The summed E-state index contributed by atoms with van der Waals surface area (Å²) in [6.07, 6.45) is 3.33. The van der Waals surface area contributed by atoms with Crippen molar-refractivity contribution in [1.82, 2.24) is 25.1 Å². The van der Waals surface area contributed by atoms with E-state index in [4.69, 9.17) is 11.6 Å². The third-order valence-electron chi connectivity index (χ3n) is 6.52. The summed E-state index contributed by atoms with van der Waals surface area (Å²) in [5, 5.41) is 21.4. The van der Waals surface area contributed by atoms with E-state index in [1.54, 1.807) is 24.3 Å². The minimum absolute atomic E-state index is 0.0260. The smallest absolute Gasteiger partial charge is 0.342 e. The molecule has 2 aromatic heterocycles. The molecule has 2 amide bonds. The van der Waals surface area contributed by atoms with Crippen LogP contribution in [0.4, 0.5) is 10.5 Å². The third-order valence-corrected chi connectivity index (χ3v) is 6.89. The number of nitrogens with one attached hydrogen (secondary N) is 2. The molecule has 0 radical (unpaired) electrons. The van der Waals surface area contributed by atoms with Crippen LogP contribution in [0.25, 0.3) is 22.3 Å². The van der Waals surface area contributed by atoms with Gasteiger partial charge in [0.05, 0.1) is 28.6 Å². The predicted octanol–water partition coefficient (Wildman–Crippen LogP) is 5.74. The van der Waals surface area contributed by atoms with Crippen LogP contribution in [0, 0.1) is 0 Å². The van der Waals surface area contributed by atoms with E-state index < -0.39 is 5.91 Å². The van der Waals surface area contributed by atoms with Crippen LogP contribution in [-0.4, -0.2) is 36.8 Å². The van der Waals surface area contributed by atoms with E-state index in [2.05, 4.69) is 25.7 Å². The molecule has 10 heteroatoms. The summed E-state index contributed by atoms with van der Waals surface area (Å²) >= 11 is 6.22. The number of hydrogen-bond acceptors (Lipinski definition) is 6. The lowest BCUT2D eigenvalue weighted by Gasteiger charge is -2.09. The number of fused-ring (bicyclic) bond motifs is 1. The van der Waals surface area contributed by atoms with Crippen molar-refractivity contribution in [3.05, 3.63) is 101 Å². The number of amides is 2. The molecule has 5 aromatic rings. The average molecular weight is 539 g/mol. The Bertz CT molecular complexity index is 1730. The van der Waals surface area contributed by atoms with Gasteiger partial charge in [-0.1, -0.05) is 41.9 Å². The van der Waals surface area contributed by atoms with Gasteiger partial charge in [0.1, 0.15) is 11.4 Å². The molecule has 0 aliphatic heterocycles. The van der Waals surface area contributed by atoms with E-state index in [-0.39, 0.29) is 29.9 Å². The highest BCUT2D eigenvalue weighted by Crippen LogP contribution is 2.42. The Morgan fingerprint density at radius 3 is 2.56 bits per heavy atom. The fraction of sp³-hybridized carbons (Fsp3) is 0.138. The molecule has 1 aliphatic carbocycles. The first-order valence-electron chi connectivity index (χ1n) is 12.4. The van der Waals surface area contributed by atoms with Gasteiger partial charge in [0.15, 0.2) is 0 Å². The summed E-state index contributed by atoms with van der Waals surface area (Å²) in [6, 6.07) is 20.7. The summed E-state index contributed by atoms with van der Waals surface area (Å²) in [5.74, 6) is -0.246. The predicted molar refractivity (Wildman–Crippen MR) is 148 cm³/mol. The Hall–Kier alpha value is -4.76. The second kappa shape index (κ2) is 10.2. The van der Waals surface area contributed by atoms with Gasteiger partial charge >= 0.3 is 6.03 Å². The Kier molecular flexibility index (Phi) is 6.42. The standard InChI is InChI=1S/C29H23ClN6O3/c30-21-6-2-1-5-18(21)15-32-29(39)36-26(17-9-10-17)14-24(35-36)20-13-19(11-12-27(20)37)33-28(38)25-16-31-22-7-3-4-8-23(22)34-25/h1-8,11-14,16-17,37H,9-10,15H2,(H,32,39)(H,33,38). The summed E-state index contributed by atoms with van der Waals surface area (Å²) in [4.78, 5) is 34.7. The van der Waals surface area contributed by atoms with E-state index in [1.165, 1.54) is 16.9 Å². The number of hydrogen-bond donors (Lipinski definition) is 3. The highest BCUT2D eigenvalue weighted by Gasteiger charge is 2.31. The molecular weight excluding hydrogens is 516 g/mol. The Morgan fingerprint density at radius 2 is 1.77 bits per heavy atom. The van der Waals surface area contributed by atoms with Crippen LogP contribution in [0.15, 0.2) is 79.0 Å². The molecule has 2 heterocycles. The monoisotopic (exact) mass is 538 g/mol. The van der Waals surface area contributed by atoms with Gasteiger partial charge in [-0.15, -0.1) is 0 Å². The number of carbonyl (C=O) groups is 2. The van der Waals surface area contributed by atoms with Gasteiger partial charge in [0, 0.05) is 28.7 Å². The van der Waals surface area contributed by atoms with Gasteiger partial charge in [-0.05, 0) is 60.9 Å². The maximum Gasteiger partial charge on any atom is 0.342 e. The topological polar surface area (TPSA) is 122 Å². The minimum atomic E-state index is -0.437. The first kappa shape index (κ1) is 24.6. The number of halogens is 1. The van der Waals surface area contributed by atoms with Crippen LogP contribution >= 0.6 is 11.6 Å². The number of para-hydroxylation sites is 2. The fourth-order valence-corrected chi connectivity index (χ4v) is 4.53. The highest BCUT2D eigenvalue weighted by molar-refractivity contribution is 6.31. The average Bonchev–Trinajstić information content (AvgIpc) is 3.71. The van der Waals surface area contributed by atoms with Gasteiger partial charge in [-0.25, -0.2) is 9.78 Å². The van der Waals surface area contributed by atoms with Gasteiger partial charge in [0.2, 0.25) is 0 Å². The van der Waals surface area contributed by atoms with Crippen molar-refractivity contribution in [2.45, 2.75) is 25.3 Å². The molecule has 194 valence electrons. The van der Waals surface area contributed by atoms with Crippen LogP contribution in [0.5, 0.6) is 5.75 Å². The van der Waals surface area contributed by atoms with Crippen molar-refractivity contribution in [3.63, 3.8) is 0 Å². The lowest BCUT2D eigenvalue weighted by molar-refractivity contribution is 0.102. The molecule has 0 saturated heterocycles. The SMILES string of the molecule is O=C(Nc1ccc(O)c(-c2cc(C3CC3)n(C(=O)NCc3ccccc3Cl)n2)c1)c1cnc2ccccc2n1. The molecule has 39 heavy (non-hydrogen) atoms. The maximum atomic E-state index is 13.1. The highest BCUT2D eigenvalue weighted by atomic mass is 35.5. The molecule has 6 rings (SSSR count). The van der Waals surface area contributed by atoms with E-state index in [1.807, 2.05) is 42.5 Å². The van der Waals surface area contributed by atoms with E-state index in [9.17, 15) is 14.7 Å². The van der Waals surface area contributed by atoms with Gasteiger partial charge in [0.25, 0.3) is 5.91 Å². The van der Waals surface area contributed by atoms with Crippen molar-refractivity contribution in [2.24, 2.45) is 0 Å². The number of rotatable bonds is 6. The molecule has 3 N–H and O–H groups in total. The maximum absolute atomic E-state index is 13.1. The quantitative estimate of drug-likeness (QED) is 0.237. The molecule has 9 nitrogen and oxygen atoms in total. The van der Waals surface area contributed by atoms with Crippen LogP contribution in [0.1, 0.15) is 40.5 Å². The number of nitrogens with zero attached hydrogens (tertiary/aromatic N) is 4. The molecule has 0 spiro atoms. The zero-order chi connectivity index (χ0) is 26.9. The van der Waals surface area contributed by atoms with Gasteiger partial charge < -0.3 is 15.7 Å². The summed E-state index contributed by atoms with van der Waals surface area (Å²) in [7, 11) is 0. The molecule has 0 atom stereocenters. The second-order valence-electron chi connectivity index (χ2n) is 9.32. The van der Waals surface area contributed by atoms with Crippen LogP contribution in [0.2, 0.25) is 5.02 Å². The molecule has 1 fully saturated rings. The van der Waals surface area contributed by atoms with Crippen molar-refractivity contribution in [2.75, 3.05) is 5.32 Å². The second-order valence-corrected chi connectivity index (χ2v) is 9.73. The molecule has 1 saturated carbocycles. The zero-order valence-electron chi connectivity index (χ0n) is 20.6. The number of aromatic nitrogens is 4. The molecular formula is C29H23ClN6O3. The van der Waals surface area contributed by atoms with Gasteiger partial charge in [-0.2, -0.15) is 9.78 Å². The lowest BCUT2D eigenvalue weighted by Crippen LogP contribution is -2.30. The van der Waals surface area contributed by atoms with Crippen molar-refractivity contribution in [3.8, 4) is 17.0 Å². The summed E-state index contributed by atoms with van der Waals surface area (Å²) in [6.45, 7) is 0.252. The largest absolute Gasteiger partial charge is 0.507 e. The number of phenols is 1. The first-order valence-corrected chi connectivity index (χ1v) is 12.8. The Labute approximate surface area is 228 Å².